The maximum Gasteiger partial charge on any atom is 0.490 e. The summed E-state index contributed by atoms with van der Waals surface area (Å²) in [5.74, 6) is -9.08. The van der Waals surface area contributed by atoms with Crippen molar-refractivity contribution < 1.29 is 80.3 Å². The van der Waals surface area contributed by atoms with Crippen molar-refractivity contribution >= 4 is 52.9 Å². The number of halogens is 6. The molecular weight excluding hydrogens is 714 g/mol. The zero-order valence-electron chi connectivity index (χ0n) is 26.2. The van der Waals surface area contributed by atoms with Crippen LogP contribution in [0.5, 0.6) is 5.75 Å². The molecule has 1 aromatic carbocycles. The number of amides is 1. The number of nitrogen functional groups attached to an aromatic ring is 1. The van der Waals surface area contributed by atoms with Gasteiger partial charge in [0.25, 0.3) is 0 Å². The summed E-state index contributed by atoms with van der Waals surface area (Å²) in [6.45, 7) is 4.14. The minimum absolute atomic E-state index is 0.0929. The van der Waals surface area contributed by atoms with Crippen LogP contribution in [-0.2, 0) is 30.5 Å². The molecule has 0 aliphatic heterocycles. The van der Waals surface area contributed by atoms with Crippen LogP contribution in [0.25, 0.3) is 0 Å². The Bertz CT molecular complexity index is 1490. The lowest BCUT2D eigenvalue weighted by atomic mass is 10.0. The Balaban J connectivity index is 0.00000143. The Morgan fingerprint density at radius 3 is 1.76 bits per heavy atom. The molecule has 50 heavy (non-hydrogen) atoms. The van der Waals surface area contributed by atoms with E-state index in [-0.39, 0.29) is 11.8 Å². The number of ether oxygens (including phenoxy) is 1. The third kappa shape index (κ3) is 17.2. The molecule has 0 unspecified atom stereocenters. The molecule has 1 amide bonds. The van der Waals surface area contributed by atoms with E-state index in [0.29, 0.717) is 29.2 Å². The van der Waals surface area contributed by atoms with Crippen LogP contribution in [0.4, 0.5) is 26.3 Å². The standard InChI is InChI=1S/C24H30N4O7S.2C2HF3O2/c1-13(2)10-18(22(31)27-17(23(32)33)11-20(29)30)28(3)12-16-8-9-19(36-16)24(34)35-15-6-4-14(5-7-15)21(25)26;2*3-2(4,5)1(6)7/h4-9,13,17-18H,10-12H2,1-3H3,(H3,25,26)(H,27,31)(H,29,30)(H,32,33);2*(H,6,7)/t17-,18-;;/m0../s1. The third-order valence-electron chi connectivity index (χ3n) is 5.65. The van der Waals surface area contributed by atoms with Gasteiger partial charge in [-0.25, -0.2) is 19.2 Å². The van der Waals surface area contributed by atoms with Crippen LogP contribution in [0.2, 0.25) is 0 Å². The largest absolute Gasteiger partial charge is 0.490 e. The molecule has 0 saturated heterocycles. The molecule has 22 heteroatoms. The number of hydrogen-bond donors (Lipinski definition) is 7. The highest BCUT2D eigenvalue weighted by atomic mass is 32.1. The SMILES string of the molecule is CC(C)C[C@@H](C(=O)N[C@@H](CC(=O)O)C(=O)O)N(C)Cc1ccc(C(=O)Oc2ccc(C(=N)N)cc2)s1.O=C(O)C(F)(F)F.O=C(O)C(F)(F)F. The number of thiophene rings is 1. The smallest absolute Gasteiger partial charge is 0.481 e. The van der Waals surface area contributed by atoms with E-state index >= 15 is 0 Å². The number of rotatable bonds is 13. The first kappa shape index (κ1) is 44.8. The van der Waals surface area contributed by atoms with Crippen LogP contribution in [0.3, 0.4) is 0 Å². The number of carbonyl (C=O) groups is 6. The first-order chi connectivity index (χ1) is 22.8. The molecule has 2 atom stereocenters. The monoisotopic (exact) mass is 746 g/mol. The number of nitrogens with two attached hydrogens (primary N) is 1. The molecular formula is C28H32F6N4O11S. The molecule has 8 N–H and O–H groups in total. The second kappa shape index (κ2) is 19.7. The fourth-order valence-electron chi connectivity index (χ4n) is 3.36. The van der Waals surface area contributed by atoms with E-state index in [1.54, 1.807) is 48.3 Å². The number of aliphatic carboxylic acids is 4. The van der Waals surface area contributed by atoms with Crippen LogP contribution >= 0.6 is 11.3 Å². The van der Waals surface area contributed by atoms with Crippen molar-refractivity contribution in [3.8, 4) is 5.75 Å². The number of esters is 1. The summed E-state index contributed by atoms with van der Waals surface area (Å²) < 4.78 is 68.8. The van der Waals surface area contributed by atoms with E-state index < -0.39 is 66.6 Å². The van der Waals surface area contributed by atoms with Gasteiger partial charge in [0.05, 0.1) is 12.5 Å². The van der Waals surface area contributed by atoms with E-state index in [0.717, 1.165) is 4.88 Å². The van der Waals surface area contributed by atoms with Gasteiger partial charge >= 0.3 is 42.2 Å². The summed E-state index contributed by atoms with van der Waals surface area (Å²) in [6, 6.07) is 7.34. The lowest BCUT2D eigenvalue weighted by Crippen LogP contribution is -2.51. The highest BCUT2D eigenvalue weighted by molar-refractivity contribution is 7.13. The molecule has 2 aromatic rings. The van der Waals surface area contributed by atoms with Crippen LogP contribution in [0.1, 0.15) is 46.8 Å². The lowest BCUT2D eigenvalue weighted by Gasteiger charge is -2.29. The summed E-state index contributed by atoms with van der Waals surface area (Å²) in [4.78, 5) is 68.4. The van der Waals surface area contributed by atoms with Crippen molar-refractivity contribution in [2.45, 2.75) is 57.7 Å². The number of likely N-dealkylation sites (N-methyl/N-ethyl adjacent to an activating group) is 1. The van der Waals surface area contributed by atoms with Crippen molar-refractivity contribution in [3.05, 3.63) is 51.7 Å². The Labute approximate surface area is 282 Å². The van der Waals surface area contributed by atoms with E-state index in [9.17, 15) is 50.6 Å². The van der Waals surface area contributed by atoms with Gasteiger partial charge in [0.1, 0.15) is 22.5 Å². The molecule has 2 rings (SSSR count). The average molecular weight is 747 g/mol. The number of carbonyl (C=O) groups excluding carboxylic acids is 2. The highest BCUT2D eigenvalue weighted by Crippen LogP contribution is 2.23. The van der Waals surface area contributed by atoms with E-state index in [2.05, 4.69) is 5.32 Å². The van der Waals surface area contributed by atoms with Crippen molar-refractivity contribution in [3.63, 3.8) is 0 Å². The molecule has 1 aromatic heterocycles. The number of benzene rings is 1. The van der Waals surface area contributed by atoms with Gasteiger partial charge in [-0.1, -0.05) is 13.8 Å². The first-order valence-corrected chi connectivity index (χ1v) is 14.4. The second-order valence-corrected chi connectivity index (χ2v) is 11.4. The van der Waals surface area contributed by atoms with E-state index in [1.807, 2.05) is 13.8 Å². The zero-order chi connectivity index (χ0) is 39.1. The Hall–Kier alpha value is -5.25. The predicted octanol–water partition coefficient (Wildman–Crippen LogP) is 3.41. The number of carboxylic acids is 4. The average Bonchev–Trinajstić information content (AvgIpc) is 3.43. The van der Waals surface area contributed by atoms with E-state index in [1.165, 1.54) is 11.3 Å². The second-order valence-electron chi connectivity index (χ2n) is 10.3. The molecule has 0 aliphatic carbocycles. The molecule has 278 valence electrons. The fourth-order valence-corrected chi connectivity index (χ4v) is 4.31. The molecule has 0 aliphatic rings. The van der Waals surface area contributed by atoms with Gasteiger partial charge in [-0.15, -0.1) is 11.3 Å². The Morgan fingerprint density at radius 1 is 0.900 bits per heavy atom. The molecule has 0 bridgehead atoms. The molecule has 1 heterocycles. The van der Waals surface area contributed by atoms with Crippen molar-refractivity contribution in [1.82, 2.24) is 10.2 Å². The van der Waals surface area contributed by atoms with Crippen molar-refractivity contribution in [1.29, 1.82) is 5.41 Å². The van der Waals surface area contributed by atoms with Crippen molar-refractivity contribution in [2.75, 3.05) is 7.05 Å². The molecule has 0 saturated carbocycles. The minimum Gasteiger partial charge on any atom is -0.481 e. The molecule has 0 radical (unpaired) electrons. The van der Waals surface area contributed by atoms with Gasteiger partial charge < -0.3 is 36.2 Å². The first-order valence-electron chi connectivity index (χ1n) is 13.6. The number of nitrogens with zero attached hydrogens (tertiary/aromatic N) is 1. The van der Waals surface area contributed by atoms with Crippen LogP contribution in [0.15, 0.2) is 36.4 Å². The molecule has 15 nitrogen and oxygen atoms in total. The van der Waals surface area contributed by atoms with Gasteiger partial charge in [0, 0.05) is 17.0 Å². The quantitative estimate of drug-likeness (QED) is 0.0511. The van der Waals surface area contributed by atoms with Gasteiger partial charge in [0.15, 0.2) is 0 Å². The minimum atomic E-state index is -5.08. The maximum absolute atomic E-state index is 12.9. The predicted molar refractivity (Wildman–Crippen MR) is 161 cm³/mol. The van der Waals surface area contributed by atoms with Gasteiger partial charge in [-0.2, -0.15) is 26.3 Å². The van der Waals surface area contributed by atoms with Crippen LogP contribution in [0, 0.1) is 11.3 Å². The molecule has 0 fully saturated rings. The Kier molecular flexibility index (Phi) is 17.6. The summed E-state index contributed by atoms with van der Waals surface area (Å²) in [5.41, 5.74) is 5.93. The number of amidine groups is 1. The maximum atomic E-state index is 12.9. The third-order valence-corrected chi connectivity index (χ3v) is 6.70. The summed E-state index contributed by atoms with van der Waals surface area (Å²) in [6.07, 6.45) is -10.5. The summed E-state index contributed by atoms with van der Waals surface area (Å²) >= 11 is 1.20. The highest BCUT2D eigenvalue weighted by Gasteiger charge is 2.39. The number of alkyl halides is 6. The normalized spacial score (nSPS) is 12.3. The topological polar surface area (TPSA) is 258 Å². The van der Waals surface area contributed by atoms with Gasteiger partial charge in [0.2, 0.25) is 5.91 Å². The lowest BCUT2D eigenvalue weighted by molar-refractivity contribution is -0.193. The van der Waals surface area contributed by atoms with Gasteiger partial charge in [-0.05, 0) is 55.8 Å². The van der Waals surface area contributed by atoms with Crippen LogP contribution in [-0.4, -0.2) is 98.4 Å². The van der Waals surface area contributed by atoms with Crippen LogP contribution < -0.4 is 15.8 Å². The number of carboxylic acid groups (broad SMARTS) is 4. The Morgan fingerprint density at radius 2 is 1.38 bits per heavy atom. The zero-order valence-corrected chi connectivity index (χ0v) is 27.0. The molecule has 0 spiro atoms. The fraction of sp³-hybridized carbons (Fsp3) is 0.393. The number of nitrogens with one attached hydrogen (secondary N) is 2. The number of hydrogen-bond acceptors (Lipinski definition) is 10. The van der Waals surface area contributed by atoms with E-state index in [4.69, 9.17) is 40.8 Å². The van der Waals surface area contributed by atoms with Gasteiger partial charge in [-0.3, -0.25) is 19.9 Å². The van der Waals surface area contributed by atoms with Crippen molar-refractivity contribution in [2.24, 2.45) is 11.7 Å². The summed E-state index contributed by atoms with van der Waals surface area (Å²) in [5, 5.41) is 42.2. The summed E-state index contributed by atoms with van der Waals surface area (Å²) in [7, 11) is 1.70.